The molecule has 0 heterocycles. The number of hydrogen-bond acceptors (Lipinski definition) is 1. The summed E-state index contributed by atoms with van der Waals surface area (Å²) in [6, 6.07) is 15.7. The lowest BCUT2D eigenvalue weighted by atomic mass is 9.87. The molecule has 0 spiro atoms. The fourth-order valence-corrected chi connectivity index (χ4v) is 3.84. The zero-order valence-corrected chi connectivity index (χ0v) is 22.4. The van der Waals surface area contributed by atoms with E-state index in [4.69, 9.17) is 0 Å². The van der Waals surface area contributed by atoms with Crippen LogP contribution < -0.4 is 4.90 Å². The molecule has 0 saturated heterocycles. The second-order valence-corrected chi connectivity index (χ2v) is 7.68. The molecule has 0 aromatic heterocycles. The van der Waals surface area contributed by atoms with Crippen LogP contribution in [0.15, 0.2) is 54.6 Å². The molecular weight excluding hydrogens is 374 g/mol. The normalized spacial score (nSPS) is 13.3. The molecule has 0 atom stereocenters. The lowest BCUT2D eigenvalue weighted by Gasteiger charge is -2.24. The number of anilines is 2. The highest BCUT2D eigenvalue weighted by atomic mass is 15.1. The summed E-state index contributed by atoms with van der Waals surface area (Å²) in [5.74, 6) is 0. The molecule has 0 fully saturated rings. The Bertz CT molecular complexity index is 835. The number of rotatable bonds is 4. The summed E-state index contributed by atoms with van der Waals surface area (Å²) >= 11 is 0. The van der Waals surface area contributed by atoms with Gasteiger partial charge in [-0.3, -0.25) is 0 Å². The standard InChI is InChI=1S/C24H29N.3C2H6/c1-7-8-17(2)19-9-11-20(12-10-19)25(6)21-13-14-22-18(3)16-24(4,5)23(22)15-21;3*1-2/h8-16H,7H2,1-6H3;3*1-2H3/b17-8+;;;. The van der Waals surface area contributed by atoms with E-state index in [-0.39, 0.29) is 5.41 Å². The van der Waals surface area contributed by atoms with Gasteiger partial charge in [0.25, 0.3) is 0 Å². The molecule has 0 aliphatic heterocycles. The second-order valence-electron chi connectivity index (χ2n) is 7.68. The van der Waals surface area contributed by atoms with E-state index >= 15 is 0 Å². The van der Waals surface area contributed by atoms with Crippen LogP contribution in [0.3, 0.4) is 0 Å². The van der Waals surface area contributed by atoms with Crippen molar-refractivity contribution in [3.8, 4) is 0 Å². The zero-order valence-electron chi connectivity index (χ0n) is 22.4. The lowest BCUT2D eigenvalue weighted by Crippen LogP contribution is -2.14. The van der Waals surface area contributed by atoms with E-state index < -0.39 is 0 Å². The van der Waals surface area contributed by atoms with E-state index in [0.717, 1.165) is 6.42 Å². The summed E-state index contributed by atoms with van der Waals surface area (Å²) in [6.07, 6.45) is 5.72. The van der Waals surface area contributed by atoms with Crippen molar-refractivity contribution in [2.24, 2.45) is 0 Å². The number of hydrogen-bond donors (Lipinski definition) is 0. The van der Waals surface area contributed by atoms with Gasteiger partial charge < -0.3 is 4.90 Å². The molecule has 2 aromatic rings. The summed E-state index contributed by atoms with van der Waals surface area (Å²) in [4.78, 5) is 2.27. The van der Waals surface area contributed by atoms with Gasteiger partial charge in [-0.1, -0.05) is 92.7 Å². The van der Waals surface area contributed by atoms with Crippen LogP contribution in [0, 0.1) is 0 Å². The molecule has 1 heteroatoms. The Hall–Kier alpha value is -2.28. The smallest absolute Gasteiger partial charge is 0.0411 e. The molecule has 0 radical (unpaired) electrons. The van der Waals surface area contributed by atoms with Crippen LogP contribution in [0.5, 0.6) is 0 Å². The van der Waals surface area contributed by atoms with Crippen LogP contribution in [0.25, 0.3) is 11.1 Å². The molecule has 0 unspecified atom stereocenters. The second kappa shape index (κ2) is 13.9. The fraction of sp³-hybridized carbons (Fsp3) is 0.467. The number of fused-ring (bicyclic) bond motifs is 1. The quantitative estimate of drug-likeness (QED) is 0.474. The van der Waals surface area contributed by atoms with Crippen molar-refractivity contribution >= 4 is 22.5 Å². The predicted octanol–water partition coefficient (Wildman–Crippen LogP) is 10.0. The van der Waals surface area contributed by atoms with Crippen LogP contribution in [0.2, 0.25) is 0 Å². The van der Waals surface area contributed by atoms with Crippen LogP contribution in [0.1, 0.15) is 99.3 Å². The topological polar surface area (TPSA) is 3.24 Å². The lowest BCUT2D eigenvalue weighted by molar-refractivity contribution is 0.683. The first kappa shape index (κ1) is 28.7. The highest BCUT2D eigenvalue weighted by molar-refractivity contribution is 5.78. The van der Waals surface area contributed by atoms with Gasteiger partial charge in [0.1, 0.15) is 0 Å². The molecule has 0 amide bonds. The average molecular weight is 422 g/mol. The number of benzene rings is 2. The maximum absolute atomic E-state index is 2.37. The van der Waals surface area contributed by atoms with Crippen LogP contribution >= 0.6 is 0 Å². The van der Waals surface area contributed by atoms with Gasteiger partial charge in [0.05, 0.1) is 0 Å². The van der Waals surface area contributed by atoms with E-state index in [2.05, 4.69) is 101 Å². The van der Waals surface area contributed by atoms with Gasteiger partial charge >= 0.3 is 0 Å². The maximum Gasteiger partial charge on any atom is 0.0411 e. The summed E-state index contributed by atoms with van der Waals surface area (Å²) < 4.78 is 0. The third-order valence-electron chi connectivity index (χ3n) is 5.31. The molecule has 1 aliphatic rings. The third kappa shape index (κ3) is 7.13. The van der Waals surface area contributed by atoms with Crippen molar-refractivity contribution in [1.82, 2.24) is 0 Å². The summed E-state index contributed by atoms with van der Waals surface area (Å²) in [7, 11) is 2.15. The van der Waals surface area contributed by atoms with Gasteiger partial charge in [0, 0.05) is 23.8 Å². The van der Waals surface area contributed by atoms with Crippen molar-refractivity contribution in [3.63, 3.8) is 0 Å². The van der Waals surface area contributed by atoms with Crippen LogP contribution in [0.4, 0.5) is 11.4 Å². The molecule has 2 aromatic carbocycles. The van der Waals surface area contributed by atoms with E-state index in [9.17, 15) is 0 Å². The van der Waals surface area contributed by atoms with Gasteiger partial charge in [-0.2, -0.15) is 0 Å². The first-order chi connectivity index (χ1) is 14.8. The van der Waals surface area contributed by atoms with Gasteiger partial charge in [-0.25, -0.2) is 0 Å². The van der Waals surface area contributed by atoms with Crippen molar-refractivity contribution in [1.29, 1.82) is 0 Å². The van der Waals surface area contributed by atoms with Gasteiger partial charge in [-0.15, -0.1) is 0 Å². The molecule has 172 valence electrons. The average Bonchev–Trinajstić information content (AvgIpc) is 3.05. The van der Waals surface area contributed by atoms with E-state index in [1.165, 1.54) is 39.2 Å². The Morgan fingerprint density at radius 3 is 1.90 bits per heavy atom. The van der Waals surface area contributed by atoms with Crippen molar-refractivity contribution < 1.29 is 0 Å². The molecule has 1 aliphatic carbocycles. The van der Waals surface area contributed by atoms with E-state index in [1.807, 2.05) is 41.5 Å². The summed E-state index contributed by atoms with van der Waals surface area (Å²) in [5, 5.41) is 0. The Morgan fingerprint density at radius 1 is 0.871 bits per heavy atom. The maximum atomic E-state index is 2.37. The Balaban J connectivity index is 0.00000138. The highest BCUT2D eigenvalue weighted by Gasteiger charge is 2.28. The summed E-state index contributed by atoms with van der Waals surface area (Å²) in [6.45, 7) is 23.2. The van der Waals surface area contributed by atoms with E-state index in [0.29, 0.717) is 0 Å². The van der Waals surface area contributed by atoms with Gasteiger partial charge in [0.15, 0.2) is 0 Å². The Kier molecular flexibility index (Phi) is 12.9. The third-order valence-corrected chi connectivity index (χ3v) is 5.31. The Labute approximate surface area is 193 Å². The molecular formula is C30H47N. The van der Waals surface area contributed by atoms with Crippen molar-refractivity contribution in [3.05, 3.63) is 71.3 Å². The monoisotopic (exact) mass is 421 g/mol. The zero-order chi connectivity index (χ0) is 24.2. The molecule has 1 nitrogen and oxygen atoms in total. The van der Waals surface area contributed by atoms with Crippen LogP contribution in [-0.4, -0.2) is 7.05 Å². The SMILES string of the molecule is CC.CC.CC.CC/C=C(\C)c1ccc(N(C)c2ccc3c(c2)C(C)(C)C=C3C)cc1. The van der Waals surface area contributed by atoms with E-state index in [1.54, 1.807) is 0 Å². The Morgan fingerprint density at radius 2 is 1.39 bits per heavy atom. The molecule has 0 saturated carbocycles. The minimum absolute atomic E-state index is 0.113. The first-order valence-corrected chi connectivity index (χ1v) is 12.2. The largest absolute Gasteiger partial charge is 0.345 e. The minimum Gasteiger partial charge on any atom is -0.345 e. The molecule has 0 bridgehead atoms. The fourth-order valence-electron chi connectivity index (χ4n) is 3.84. The van der Waals surface area contributed by atoms with Crippen LogP contribution in [-0.2, 0) is 5.41 Å². The van der Waals surface area contributed by atoms with Crippen molar-refractivity contribution in [2.75, 3.05) is 11.9 Å². The number of nitrogens with zero attached hydrogens (tertiary/aromatic N) is 1. The number of allylic oxidation sites excluding steroid dienone is 4. The highest BCUT2D eigenvalue weighted by Crippen LogP contribution is 2.42. The minimum atomic E-state index is 0.113. The molecule has 31 heavy (non-hydrogen) atoms. The summed E-state index contributed by atoms with van der Waals surface area (Å²) in [5.41, 5.74) is 9.41. The molecule has 3 rings (SSSR count). The first-order valence-electron chi connectivity index (χ1n) is 12.2. The predicted molar refractivity (Wildman–Crippen MR) is 146 cm³/mol. The van der Waals surface area contributed by atoms with Crippen molar-refractivity contribution in [2.45, 2.75) is 88.0 Å². The van der Waals surface area contributed by atoms with Gasteiger partial charge in [0.2, 0.25) is 0 Å². The molecule has 0 N–H and O–H groups in total. The van der Waals surface area contributed by atoms with Gasteiger partial charge in [-0.05, 0) is 72.4 Å².